The Bertz CT molecular complexity index is 421. The van der Waals surface area contributed by atoms with Crippen molar-refractivity contribution in [1.82, 2.24) is 0 Å². The Labute approximate surface area is 114 Å². The first-order chi connectivity index (χ1) is 9.40. The molecular formula is C16H20O3. The first-order valence-corrected chi connectivity index (χ1v) is 7.03. The van der Waals surface area contributed by atoms with Crippen molar-refractivity contribution in [2.45, 2.75) is 38.3 Å². The van der Waals surface area contributed by atoms with E-state index in [-0.39, 0.29) is 12.6 Å². The molecule has 3 heteroatoms. The highest BCUT2D eigenvalue weighted by molar-refractivity contribution is 5.53. The summed E-state index contributed by atoms with van der Waals surface area (Å²) in [6, 6.07) is 10.3. The Morgan fingerprint density at radius 1 is 1.05 bits per heavy atom. The first kappa shape index (κ1) is 12.9. The highest BCUT2D eigenvalue weighted by Crippen LogP contribution is 2.25. The molecule has 102 valence electrons. The maximum absolute atomic E-state index is 5.83. The summed E-state index contributed by atoms with van der Waals surface area (Å²) in [5, 5.41) is 0. The molecule has 0 unspecified atom stereocenters. The van der Waals surface area contributed by atoms with Crippen LogP contribution in [0, 0.1) is 0 Å². The standard InChI is InChI=1S/C16H20O3/c1-2-6-13(7-3-1)10-14-11-16(18-12-14)19-15-8-4-5-9-17-15/h1-3,6-7,10,15-16H,4-5,8-9,11-12H2/b14-10-/t15-,16+/m1/s1. The lowest BCUT2D eigenvalue weighted by molar-refractivity contribution is -0.241. The average Bonchev–Trinajstić information content (AvgIpc) is 2.88. The molecular weight excluding hydrogens is 240 g/mol. The molecule has 0 radical (unpaired) electrons. The third-order valence-corrected chi connectivity index (χ3v) is 3.50. The van der Waals surface area contributed by atoms with Gasteiger partial charge in [0.25, 0.3) is 0 Å². The Morgan fingerprint density at radius 2 is 1.95 bits per heavy atom. The number of hydrogen-bond acceptors (Lipinski definition) is 3. The SMILES string of the molecule is C(=C1/CO[C@@H](O[C@@H]2CCCCO2)C1)/c1ccccc1. The van der Waals surface area contributed by atoms with Crippen LogP contribution in [0.2, 0.25) is 0 Å². The van der Waals surface area contributed by atoms with Gasteiger partial charge in [0, 0.05) is 13.0 Å². The maximum atomic E-state index is 5.83. The molecule has 1 aromatic rings. The molecule has 2 fully saturated rings. The largest absolute Gasteiger partial charge is 0.353 e. The van der Waals surface area contributed by atoms with Crippen LogP contribution in [0.5, 0.6) is 0 Å². The highest BCUT2D eigenvalue weighted by atomic mass is 16.8. The van der Waals surface area contributed by atoms with Gasteiger partial charge in [0.05, 0.1) is 6.61 Å². The summed E-state index contributed by atoms with van der Waals surface area (Å²) in [7, 11) is 0. The lowest BCUT2D eigenvalue weighted by Gasteiger charge is -2.25. The summed E-state index contributed by atoms with van der Waals surface area (Å²) in [6.07, 6.45) is 6.12. The van der Waals surface area contributed by atoms with Crippen molar-refractivity contribution in [2.75, 3.05) is 13.2 Å². The lowest BCUT2D eigenvalue weighted by Crippen LogP contribution is -2.27. The quantitative estimate of drug-likeness (QED) is 0.834. The van der Waals surface area contributed by atoms with Crippen LogP contribution < -0.4 is 0 Å². The van der Waals surface area contributed by atoms with E-state index in [9.17, 15) is 0 Å². The molecule has 0 saturated carbocycles. The molecule has 2 aliphatic heterocycles. The number of hydrogen-bond donors (Lipinski definition) is 0. The van der Waals surface area contributed by atoms with Gasteiger partial charge in [-0.3, -0.25) is 0 Å². The lowest BCUT2D eigenvalue weighted by atomic mass is 10.1. The first-order valence-electron chi connectivity index (χ1n) is 7.03. The van der Waals surface area contributed by atoms with E-state index in [1.165, 1.54) is 17.6 Å². The smallest absolute Gasteiger partial charge is 0.164 e. The summed E-state index contributed by atoms with van der Waals surface area (Å²) in [4.78, 5) is 0. The van der Waals surface area contributed by atoms with Crippen LogP contribution in [0.15, 0.2) is 35.9 Å². The maximum Gasteiger partial charge on any atom is 0.164 e. The van der Waals surface area contributed by atoms with Crippen molar-refractivity contribution in [3.63, 3.8) is 0 Å². The Hall–Kier alpha value is -1.16. The molecule has 3 nitrogen and oxygen atoms in total. The molecule has 0 aromatic heterocycles. The predicted octanol–water partition coefficient (Wildman–Crippen LogP) is 3.36. The molecule has 2 aliphatic rings. The van der Waals surface area contributed by atoms with E-state index in [0.29, 0.717) is 6.61 Å². The van der Waals surface area contributed by atoms with Crippen molar-refractivity contribution in [2.24, 2.45) is 0 Å². The van der Waals surface area contributed by atoms with Crippen molar-refractivity contribution < 1.29 is 14.2 Å². The van der Waals surface area contributed by atoms with Crippen molar-refractivity contribution in [3.05, 3.63) is 41.5 Å². The summed E-state index contributed by atoms with van der Waals surface area (Å²) in [6.45, 7) is 1.47. The summed E-state index contributed by atoms with van der Waals surface area (Å²) >= 11 is 0. The van der Waals surface area contributed by atoms with Gasteiger partial charge in [-0.15, -0.1) is 0 Å². The molecule has 0 aliphatic carbocycles. The van der Waals surface area contributed by atoms with Crippen LogP contribution in [-0.2, 0) is 14.2 Å². The van der Waals surface area contributed by atoms with Gasteiger partial charge in [-0.25, -0.2) is 0 Å². The number of rotatable bonds is 3. The second kappa shape index (κ2) is 6.33. The topological polar surface area (TPSA) is 27.7 Å². The van der Waals surface area contributed by atoms with Gasteiger partial charge in [0.2, 0.25) is 0 Å². The van der Waals surface area contributed by atoms with Gasteiger partial charge in [-0.05, 0) is 30.4 Å². The van der Waals surface area contributed by atoms with Gasteiger partial charge >= 0.3 is 0 Å². The van der Waals surface area contributed by atoms with E-state index in [1.54, 1.807) is 0 Å². The van der Waals surface area contributed by atoms with Gasteiger partial charge in [0.15, 0.2) is 12.6 Å². The minimum atomic E-state index is -0.141. The predicted molar refractivity (Wildman–Crippen MR) is 73.5 cm³/mol. The fourth-order valence-corrected chi connectivity index (χ4v) is 2.49. The second-order valence-corrected chi connectivity index (χ2v) is 5.09. The van der Waals surface area contributed by atoms with Crippen molar-refractivity contribution in [3.8, 4) is 0 Å². The summed E-state index contributed by atoms with van der Waals surface area (Å²) in [5.74, 6) is 0. The van der Waals surface area contributed by atoms with Crippen LogP contribution in [0.1, 0.15) is 31.2 Å². The van der Waals surface area contributed by atoms with Crippen LogP contribution in [0.3, 0.4) is 0 Å². The Morgan fingerprint density at radius 3 is 2.74 bits per heavy atom. The van der Waals surface area contributed by atoms with E-state index in [4.69, 9.17) is 14.2 Å². The zero-order chi connectivity index (χ0) is 12.9. The minimum absolute atomic E-state index is 0.0742. The molecule has 0 N–H and O–H groups in total. The fourth-order valence-electron chi connectivity index (χ4n) is 2.49. The zero-order valence-electron chi connectivity index (χ0n) is 11.1. The van der Waals surface area contributed by atoms with Crippen LogP contribution in [0.25, 0.3) is 6.08 Å². The molecule has 2 atom stereocenters. The number of benzene rings is 1. The minimum Gasteiger partial charge on any atom is -0.353 e. The van der Waals surface area contributed by atoms with Gasteiger partial charge in [-0.1, -0.05) is 36.4 Å². The molecule has 3 rings (SSSR count). The van der Waals surface area contributed by atoms with Crippen molar-refractivity contribution >= 4 is 6.08 Å². The van der Waals surface area contributed by atoms with Gasteiger partial charge in [0.1, 0.15) is 0 Å². The monoisotopic (exact) mass is 260 g/mol. The van der Waals surface area contributed by atoms with E-state index in [0.717, 1.165) is 25.9 Å². The zero-order valence-corrected chi connectivity index (χ0v) is 11.1. The molecule has 0 amide bonds. The normalized spacial score (nSPS) is 29.8. The molecule has 2 saturated heterocycles. The van der Waals surface area contributed by atoms with Gasteiger partial charge < -0.3 is 14.2 Å². The van der Waals surface area contributed by atoms with Crippen LogP contribution in [-0.4, -0.2) is 25.8 Å². The third-order valence-electron chi connectivity index (χ3n) is 3.50. The fraction of sp³-hybridized carbons (Fsp3) is 0.500. The molecule has 2 heterocycles. The van der Waals surface area contributed by atoms with Crippen LogP contribution in [0.4, 0.5) is 0 Å². The number of ether oxygens (including phenoxy) is 3. The van der Waals surface area contributed by atoms with E-state index in [1.807, 2.05) is 18.2 Å². The average molecular weight is 260 g/mol. The van der Waals surface area contributed by atoms with Crippen molar-refractivity contribution in [1.29, 1.82) is 0 Å². The highest BCUT2D eigenvalue weighted by Gasteiger charge is 2.25. The molecule has 0 spiro atoms. The molecule has 19 heavy (non-hydrogen) atoms. The molecule has 0 bridgehead atoms. The van der Waals surface area contributed by atoms with Crippen LogP contribution >= 0.6 is 0 Å². The Balaban J connectivity index is 1.53. The summed E-state index contributed by atoms with van der Waals surface area (Å²) in [5.41, 5.74) is 2.50. The second-order valence-electron chi connectivity index (χ2n) is 5.09. The third kappa shape index (κ3) is 3.66. The van der Waals surface area contributed by atoms with E-state index < -0.39 is 0 Å². The summed E-state index contributed by atoms with van der Waals surface area (Å²) < 4.78 is 17.1. The van der Waals surface area contributed by atoms with E-state index in [2.05, 4.69) is 18.2 Å². The van der Waals surface area contributed by atoms with E-state index >= 15 is 0 Å². The Kier molecular flexibility index (Phi) is 4.28. The molecule has 1 aromatic carbocycles. The van der Waals surface area contributed by atoms with Gasteiger partial charge in [-0.2, -0.15) is 0 Å².